The molecule has 4 heterocycles. The number of carbonyl (C=O) groups is 2. The molecule has 2 aromatic heterocycles. The molecule has 0 bridgehead atoms. The molecular formula is C15H16N4O2S. The van der Waals surface area contributed by atoms with E-state index in [2.05, 4.69) is 5.10 Å². The second-order valence-electron chi connectivity index (χ2n) is 5.91. The number of amides is 2. The maximum Gasteiger partial charge on any atom is 0.257 e. The molecule has 0 saturated carbocycles. The molecule has 0 spiro atoms. The number of hydrogen-bond acceptors (Lipinski definition) is 4. The molecule has 2 aliphatic rings. The van der Waals surface area contributed by atoms with Crippen LogP contribution in [0.1, 0.15) is 10.4 Å². The fraction of sp³-hybridized carbons (Fsp3) is 0.400. The Kier molecular flexibility index (Phi) is 3.04. The summed E-state index contributed by atoms with van der Waals surface area (Å²) in [4.78, 5) is 28.7. The molecule has 0 aromatic carbocycles. The molecule has 2 atom stereocenters. The summed E-state index contributed by atoms with van der Waals surface area (Å²) in [6.07, 6.45) is 3.30. The first-order chi connectivity index (χ1) is 10.6. The van der Waals surface area contributed by atoms with Crippen LogP contribution < -0.4 is 4.90 Å². The maximum atomic E-state index is 12.6. The lowest BCUT2D eigenvalue weighted by atomic mass is 10.0. The van der Waals surface area contributed by atoms with Gasteiger partial charge in [0.1, 0.15) is 0 Å². The Bertz CT molecular complexity index is 724. The Balaban J connectivity index is 1.49. The topological polar surface area (TPSA) is 58.4 Å². The number of thiophene rings is 1. The maximum absolute atomic E-state index is 12.6. The van der Waals surface area contributed by atoms with Gasteiger partial charge in [0.2, 0.25) is 5.91 Å². The van der Waals surface area contributed by atoms with Crippen molar-refractivity contribution in [3.8, 4) is 0 Å². The van der Waals surface area contributed by atoms with Gasteiger partial charge >= 0.3 is 0 Å². The van der Waals surface area contributed by atoms with Crippen molar-refractivity contribution in [2.24, 2.45) is 18.9 Å². The van der Waals surface area contributed by atoms with Crippen molar-refractivity contribution in [1.82, 2.24) is 14.7 Å². The SMILES string of the molecule is Cn1cc(C(=O)N2C[C@@H]3CN(c4ccsc4)C(=O)[C@@H]3C2)cn1. The smallest absolute Gasteiger partial charge is 0.257 e. The highest BCUT2D eigenvalue weighted by atomic mass is 32.1. The summed E-state index contributed by atoms with van der Waals surface area (Å²) in [6, 6.07) is 1.97. The summed E-state index contributed by atoms with van der Waals surface area (Å²) in [6.45, 7) is 1.86. The number of aryl methyl sites for hydroxylation is 1. The van der Waals surface area contributed by atoms with Gasteiger partial charge in [-0.05, 0) is 11.4 Å². The molecule has 4 rings (SSSR count). The third-order valence-electron chi connectivity index (χ3n) is 4.50. The van der Waals surface area contributed by atoms with Crippen LogP contribution in [0.2, 0.25) is 0 Å². The molecule has 2 aromatic rings. The van der Waals surface area contributed by atoms with Crippen LogP contribution in [-0.2, 0) is 11.8 Å². The van der Waals surface area contributed by atoms with Crippen LogP contribution in [-0.4, -0.2) is 46.1 Å². The normalized spacial score (nSPS) is 24.1. The van der Waals surface area contributed by atoms with Gasteiger partial charge in [-0.1, -0.05) is 0 Å². The third kappa shape index (κ3) is 2.04. The molecular weight excluding hydrogens is 300 g/mol. The van der Waals surface area contributed by atoms with Gasteiger partial charge < -0.3 is 9.80 Å². The van der Waals surface area contributed by atoms with E-state index in [-0.39, 0.29) is 23.7 Å². The largest absolute Gasteiger partial charge is 0.337 e. The van der Waals surface area contributed by atoms with Crippen LogP contribution >= 0.6 is 11.3 Å². The van der Waals surface area contributed by atoms with Gasteiger partial charge in [-0.25, -0.2) is 0 Å². The van der Waals surface area contributed by atoms with Gasteiger partial charge in [0, 0.05) is 44.2 Å². The van der Waals surface area contributed by atoms with Gasteiger partial charge in [-0.3, -0.25) is 14.3 Å². The predicted molar refractivity (Wildman–Crippen MR) is 82.8 cm³/mol. The van der Waals surface area contributed by atoms with Crippen LogP contribution in [0.25, 0.3) is 0 Å². The number of rotatable bonds is 2. The lowest BCUT2D eigenvalue weighted by Crippen LogP contribution is -2.35. The predicted octanol–water partition coefficient (Wildman–Crippen LogP) is 1.22. The van der Waals surface area contributed by atoms with Crippen LogP contribution in [0.4, 0.5) is 5.69 Å². The molecule has 2 amide bonds. The van der Waals surface area contributed by atoms with E-state index in [1.54, 1.807) is 40.4 Å². The van der Waals surface area contributed by atoms with E-state index in [9.17, 15) is 9.59 Å². The Morgan fingerprint density at radius 1 is 1.36 bits per heavy atom. The first-order valence-electron chi connectivity index (χ1n) is 7.25. The highest BCUT2D eigenvalue weighted by Gasteiger charge is 2.48. The van der Waals surface area contributed by atoms with E-state index in [0.717, 1.165) is 5.69 Å². The van der Waals surface area contributed by atoms with Crippen molar-refractivity contribution < 1.29 is 9.59 Å². The number of aromatic nitrogens is 2. The minimum atomic E-state index is -0.0690. The van der Waals surface area contributed by atoms with E-state index in [1.807, 2.05) is 21.7 Å². The Labute approximate surface area is 131 Å². The molecule has 0 radical (unpaired) electrons. The third-order valence-corrected chi connectivity index (χ3v) is 5.17. The Morgan fingerprint density at radius 3 is 2.86 bits per heavy atom. The van der Waals surface area contributed by atoms with Gasteiger partial charge in [0.25, 0.3) is 5.91 Å². The quantitative estimate of drug-likeness (QED) is 0.837. The molecule has 6 nitrogen and oxygen atoms in total. The standard InChI is InChI=1S/C15H16N4O2S/c1-17-5-10(4-16-17)14(20)18-6-11-7-19(12-2-3-22-9-12)15(21)13(11)8-18/h2-5,9,11,13H,6-8H2,1H3/t11-,13-/m1/s1. The van der Waals surface area contributed by atoms with Gasteiger partial charge in [-0.15, -0.1) is 0 Å². The summed E-state index contributed by atoms with van der Waals surface area (Å²) >= 11 is 1.59. The number of carbonyl (C=O) groups excluding carboxylic acids is 2. The monoisotopic (exact) mass is 316 g/mol. The van der Waals surface area contributed by atoms with Crippen LogP contribution in [0.15, 0.2) is 29.2 Å². The second-order valence-corrected chi connectivity index (χ2v) is 6.69. The first kappa shape index (κ1) is 13.5. The molecule has 114 valence electrons. The summed E-state index contributed by atoms with van der Waals surface area (Å²) in [5.41, 5.74) is 1.57. The zero-order valence-corrected chi connectivity index (χ0v) is 13.0. The number of fused-ring (bicyclic) bond motifs is 1. The van der Waals surface area contributed by atoms with Crippen LogP contribution in [0.5, 0.6) is 0 Å². The van der Waals surface area contributed by atoms with E-state index in [4.69, 9.17) is 0 Å². The fourth-order valence-electron chi connectivity index (χ4n) is 3.38. The van der Waals surface area contributed by atoms with Crippen molar-refractivity contribution in [3.63, 3.8) is 0 Å². The van der Waals surface area contributed by atoms with Crippen molar-refractivity contribution in [2.45, 2.75) is 0 Å². The van der Waals surface area contributed by atoms with Crippen molar-refractivity contribution >= 4 is 28.8 Å². The first-order valence-corrected chi connectivity index (χ1v) is 8.19. The summed E-state index contributed by atoms with van der Waals surface area (Å²) in [5.74, 6) is 0.274. The van der Waals surface area contributed by atoms with Crippen molar-refractivity contribution in [3.05, 3.63) is 34.8 Å². The van der Waals surface area contributed by atoms with Gasteiger partial charge in [0.05, 0.1) is 23.4 Å². The number of hydrogen-bond donors (Lipinski definition) is 0. The highest BCUT2D eigenvalue weighted by molar-refractivity contribution is 7.08. The molecule has 7 heteroatoms. The fourth-order valence-corrected chi connectivity index (χ4v) is 4.03. The molecule has 0 N–H and O–H groups in total. The van der Waals surface area contributed by atoms with Crippen molar-refractivity contribution in [2.75, 3.05) is 24.5 Å². The Morgan fingerprint density at radius 2 is 2.23 bits per heavy atom. The zero-order chi connectivity index (χ0) is 15.3. The average molecular weight is 316 g/mol. The number of nitrogens with zero attached hydrogens (tertiary/aromatic N) is 4. The van der Waals surface area contributed by atoms with E-state index in [0.29, 0.717) is 25.2 Å². The molecule has 2 saturated heterocycles. The van der Waals surface area contributed by atoms with Crippen molar-refractivity contribution in [1.29, 1.82) is 0 Å². The van der Waals surface area contributed by atoms with Crippen LogP contribution in [0, 0.1) is 11.8 Å². The van der Waals surface area contributed by atoms with Gasteiger partial charge in [0.15, 0.2) is 0 Å². The average Bonchev–Trinajstić information content (AvgIpc) is 3.24. The lowest BCUT2D eigenvalue weighted by molar-refractivity contribution is -0.120. The minimum absolute atomic E-state index is 0.0302. The Hall–Kier alpha value is -2.15. The molecule has 0 unspecified atom stereocenters. The molecule has 2 fully saturated rings. The number of likely N-dealkylation sites (tertiary alicyclic amines) is 1. The minimum Gasteiger partial charge on any atom is -0.337 e. The summed E-state index contributed by atoms with van der Waals surface area (Å²) < 4.78 is 1.62. The molecule has 0 aliphatic carbocycles. The van der Waals surface area contributed by atoms with Crippen LogP contribution in [0.3, 0.4) is 0 Å². The lowest BCUT2D eigenvalue weighted by Gasteiger charge is -2.20. The van der Waals surface area contributed by atoms with Gasteiger partial charge in [-0.2, -0.15) is 16.4 Å². The van der Waals surface area contributed by atoms with E-state index < -0.39 is 0 Å². The highest BCUT2D eigenvalue weighted by Crippen LogP contribution is 2.36. The second kappa shape index (κ2) is 4.95. The zero-order valence-electron chi connectivity index (χ0n) is 12.2. The molecule has 22 heavy (non-hydrogen) atoms. The number of anilines is 1. The molecule has 2 aliphatic heterocycles. The van der Waals surface area contributed by atoms with E-state index in [1.165, 1.54) is 0 Å². The summed E-state index contributed by atoms with van der Waals surface area (Å²) in [5, 5.41) is 8.02. The van der Waals surface area contributed by atoms with E-state index >= 15 is 0 Å². The summed E-state index contributed by atoms with van der Waals surface area (Å²) in [7, 11) is 1.79.